The molecule has 16 heavy (non-hydrogen) atoms. The van der Waals surface area contributed by atoms with Crippen LogP contribution < -0.4 is 5.73 Å². The Morgan fingerprint density at radius 3 is 2.50 bits per heavy atom. The molecule has 1 aromatic carbocycles. The van der Waals surface area contributed by atoms with E-state index in [9.17, 15) is 0 Å². The molecule has 0 amide bonds. The Hall–Kier alpha value is 0.01000. The maximum absolute atomic E-state index is 5.79. The Morgan fingerprint density at radius 1 is 1.31 bits per heavy atom. The fourth-order valence-corrected chi connectivity index (χ4v) is 3.06. The van der Waals surface area contributed by atoms with E-state index < -0.39 is 0 Å². The maximum Gasteiger partial charge on any atom is 0.0313 e. The molecule has 0 saturated heterocycles. The largest absolute Gasteiger partial charge is 0.328 e. The lowest BCUT2D eigenvalue weighted by Crippen LogP contribution is -2.17. The van der Waals surface area contributed by atoms with Gasteiger partial charge in [-0.25, -0.2) is 0 Å². The molecule has 0 spiro atoms. The van der Waals surface area contributed by atoms with Gasteiger partial charge in [0.2, 0.25) is 0 Å². The highest BCUT2D eigenvalue weighted by molar-refractivity contribution is 9.10. The molecule has 1 aromatic rings. The molecule has 90 valence electrons. The molecular weight excluding hydrogens is 282 g/mol. The molecule has 1 rings (SSSR count). The van der Waals surface area contributed by atoms with E-state index in [1.807, 2.05) is 18.7 Å². The minimum atomic E-state index is 0.223. The number of benzene rings is 1. The Kier molecular flexibility index (Phi) is 5.87. The number of rotatable bonds is 5. The van der Waals surface area contributed by atoms with Gasteiger partial charge in [-0.05, 0) is 52.9 Å². The molecule has 2 N–H and O–H groups in total. The fraction of sp³-hybridized carbons (Fsp3) is 0.538. The van der Waals surface area contributed by atoms with Gasteiger partial charge in [0.15, 0.2) is 0 Å². The van der Waals surface area contributed by atoms with Gasteiger partial charge in [0.25, 0.3) is 0 Å². The fourth-order valence-electron chi connectivity index (χ4n) is 1.42. The van der Waals surface area contributed by atoms with Crippen molar-refractivity contribution in [3.05, 3.63) is 28.2 Å². The molecule has 3 heteroatoms. The third kappa shape index (κ3) is 4.89. The molecule has 0 fully saturated rings. The van der Waals surface area contributed by atoms with Crippen molar-refractivity contribution in [2.75, 3.05) is 5.75 Å². The molecule has 0 aliphatic rings. The Labute approximate surface area is 111 Å². The lowest BCUT2D eigenvalue weighted by atomic mass is 10.1. The smallest absolute Gasteiger partial charge is 0.0313 e. The third-order valence-corrected chi connectivity index (χ3v) is 4.55. The molecule has 0 saturated carbocycles. The van der Waals surface area contributed by atoms with Crippen molar-refractivity contribution in [1.82, 2.24) is 0 Å². The minimum absolute atomic E-state index is 0.223. The van der Waals surface area contributed by atoms with Crippen LogP contribution in [0.15, 0.2) is 27.6 Å². The van der Waals surface area contributed by atoms with Crippen molar-refractivity contribution >= 4 is 27.7 Å². The highest BCUT2D eigenvalue weighted by Gasteiger charge is 2.05. The first-order valence-electron chi connectivity index (χ1n) is 5.66. The molecule has 1 atom stereocenters. The first-order valence-corrected chi connectivity index (χ1v) is 7.43. The molecule has 0 aliphatic carbocycles. The van der Waals surface area contributed by atoms with Crippen LogP contribution >= 0.6 is 27.7 Å². The number of hydrogen-bond acceptors (Lipinski definition) is 2. The van der Waals surface area contributed by atoms with E-state index in [2.05, 4.69) is 48.0 Å². The normalized spacial score (nSPS) is 13.1. The van der Waals surface area contributed by atoms with Gasteiger partial charge in [-0.3, -0.25) is 0 Å². The zero-order chi connectivity index (χ0) is 12.1. The summed E-state index contributed by atoms with van der Waals surface area (Å²) in [6, 6.07) is 6.78. The SMILES string of the molecule is CC(C)CSc1ccc(CC(C)N)cc1Br. The summed E-state index contributed by atoms with van der Waals surface area (Å²) < 4.78 is 1.19. The van der Waals surface area contributed by atoms with E-state index in [-0.39, 0.29) is 6.04 Å². The van der Waals surface area contributed by atoms with E-state index in [4.69, 9.17) is 5.73 Å². The van der Waals surface area contributed by atoms with E-state index in [1.165, 1.54) is 14.9 Å². The van der Waals surface area contributed by atoms with Crippen LogP contribution in [0.4, 0.5) is 0 Å². The van der Waals surface area contributed by atoms with Crippen molar-refractivity contribution < 1.29 is 0 Å². The summed E-state index contributed by atoms with van der Waals surface area (Å²) >= 11 is 5.53. The van der Waals surface area contributed by atoms with Crippen LogP contribution in [-0.4, -0.2) is 11.8 Å². The number of hydrogen-bond donors (Lipinski definition) is 1. The average molecular weight is 302 g/mol. The third-order valence-electron chi connectivity index (χ3n) is 2.13. The number of thioether (sulfide) groups is 1. The number of halogens is 1. The van der Waals surface area contributed by atoms with Crippen LogP contribution in [0.1, 0.15) is 26.3 Å². The predicted molar refractivity (Wildman–Crippen MR) is 77.1 cm³/mol. The topological polar surface area (TPSA) is 26.0 Å². The van der Waals surface area contributed by atoms with Crippen LogP contribution in [0.25, 0.3) is 0 Å². The van der Waals surface area contributed by atoms with Crippen LogP contribution in [0.5, 0.6) is 0 Å². The van der Waals surface area contributed by atoms with Crippen molar-refractivity contribution in [3.63, 3.8) is 0 Å². The van der Waals surface area contributed by atoms with E-state index in [0.717, 1.165) is 18.1 Å². The summed E-state index contributed by atoms with van der Waals surface area (Å²) in [4.78, 5) is 1.32. The van der Waals surface area contributed by atoms with Crippen molar-refractivity contribution in [1.29, 1.82) is 0 Å². The molecular formula is C13H20BrNS. The van der Waals surface area contributed by atoms with E-state index in [0.29, 0.717) is 0 Å². The first kappa shape index (κ1) is 14.1. The van der Waals surface area contributed by atoms with Crippen LogP contribution in [-0.2, 0) is 6.42 Å². The molecule has 0 radical (unpaired) electrons. The van der Waals surface area contributed by atoms with Gasteiger partial charge in [0.05, 0.1) is 0 Å². The second-order valence-electron chi connectivity index (χ2n) is 4.65. The van der Waals surface area contributed by atoms with Crippen molar-refractivity contribution in [3.8, 4) is 0 Å². The predicted octanol–water partition coefficient (Wildman–Crippen LogP) is 4.09. The minimum Gasteiger partial charge on any atom is -0.328 e. The molecule has 0 aromatic heterocycles. The maximum atomic E-state index is 5.79. The summed E-state index contributed by atoms with van der Waals surface area (Å²) in [5.74, 6) is 1.88. The zero-order valence-corrected chi connectivity index (χ0v) is 12.6. The van der Waals surface area contributed by atoms with Gasteiger partial charge in [-0.15, -0.1) is 11.8 Å². The lowest BCUT2D eigenvalue weighted by Gasteiger charge is -2.10. The zero-order valence-electron chi connectivity index (χ0n) is 10.2. The average Bonchev–Trinajstić information content (AvgIpc) is 2.15. The highest BCUT2D eigenvalue weighted by atomic mass is 79.9. The van der Waals surface area contributed by atoms with Gasteiger partial charge >= 0.3 is 0 Å². The Balaban J connectivity index is 2.67. The summed E-state index contributed by atoms with van der Waals surface area (Å²) in [7, 11) is 0. The van der Waals surface area contributed by atoms with Crippen LogP contribution in [0.3, 0.4) is 0 Å². The van der Waals surface area contributed by atoms with Gasteiger partial charge in [-0.1, -0.05) is 19.9 Å². The van der Waals surface area contributed by atoms with Gasteiger partial charge in [-0.2, -0.15) is 0 Å². The quantitative estimate of drug-likeness (QED) is 0.829. The Morgan fingerprint density at radius 2 is 2.00 bits per heavy atom. The van der Waals surface area contributed by atoms with E-state index >= 15 is 0 Å². The lowest BCUT2D eigenvalue weighted by molar-refractivity contribution is 0.737. The van der Waals surface area contributed by atoms with Gasteiger partial charge in [0.1, 0.15) is 0 Å². The monoisotopic (exact) mass is 301 g/mol. The molecule has 1 unspecified atom stereocenters. The van der Waals surface area contributed by atoms with Gasteiger partial charge < -0.3 is 5.73 Å². The van der Waals surface area contributed by atoms with Crippen LogP contribution in [0.2, 0.25) is 0 Å². The van der Waals surface area contributed by atoms with Crippen molar-refractivity contribution in [2.45, 2.75) is 38.1 Å². The molecule has 0 heterocycles. The number of nitrogens with two attached hydrogens (primary N) is 1. The summed E-state index contributed by atoms with van der Waals surface area (Å²) in [5.41, 5.74) is 7.09. The second-order valence-corrected chi connectivity index (χ2v) is 6.57. The summed E-state index contributed by atoms with van der Waals surface area (Å²) in [6.45, 7) is 6.52. The summed E-state index contributed by atoms with van der Waals surface area (Å²) in [5, 5.41) is 0. The molecule has 0 aliphatic heterocycles. The highest BCUT2D eigenvalue weighted by Crippen LogP contribution is 2.29. The van der Waals surface area contributed by atoms with Crippen molar-refractivity contribution in [2.24, 2.45) is 11.7 Å². The van der Waals surface area contributed by atoms with E-state index in [1.54, 1.807) is 0 Å². The summed E-state index contributed by atoms with van der Waals surface area (Å²) in [6.07, 6.45) is 0.938. The van der Waals surface area contributed by atoms with Gasteiger partial charge in [0, 0.05) is 21.2 Å². The molecule has 1 nitrogen and oxygen atoms in total. The second kappa shape index (κ2) is 6.67. The first-order chi connectivity index (χ1) is 7.49. The van der Waals surface area contributed by atoms with Crippen LogP contribution in [0, 0.1) is 5.92 Å². The standard InChI is InChI=1S/C13H20BrNS/c1-9(2)8-16-13-5-4-11(6-10(3)15)7-12(13)14/h4-5,7,9-10H,6,8,15H2,1-3H3. The molecule has 0 bridgehead atoms. The Bertz CT molecular complexity index is 337.